The number of carbonyl (C=O) groups excluding carboxylic acids is 3. The Labute approximate surface area is 204 Å². The largest absolute Gasteiger partial charge is 0.496 e. The predicted molar refractivity (Wildman–Crippen MR) is 134 cm³/mol. The Morgan fingerprint density at radius 2 is 1.31 bits per heavy atom. The second kappa shape index (κ2) is 11.7. The molecule has 3 aromatic carbocycles. The Balaban J connectivity index is 1.71. The van der Waals surface area contributed by atoms with Gasteiger partial charge in [-0.2, -0.15) is 0 Å². The van der Waals surface area contributed by atoms with E-state index in [-0.39, 0.29) is 30.4 Å². The van der Waals surface area contributed by atoms with Gasteiger partial charge in [-0.3, -0.25) is 14.4 Å². The van der Waals surface area contributed by atoms with E-state index in [0.717, 1.165) is 5.56 Å². The van der Waals surface area contributed by atoms with Crippen LogP contribution >= 0.6 is 0 Å². The molecule has 0 aliphatic rings. The van der Waals surface area contributed by atoms with Crippen molar-refractivity contribution in [2.24, 2.45) is 0 Å². The highest BCUT2D eigenvalue weighted by Gasteiger charge is 2.18. The van der Waals surface area contributed by atoms with Gasteiger partial charge in [0.2, 0.25) is 5.91 Å². The molecular formula is C27H28N2O6. The number of methoxy groups -OCH3 is 3. The highest BCUT2D eigenvalue weighted by atomic mass is 16.5. The molecule has 0 radical (unpaired) electrons. The minimum absolute atomic E-state index is 0.0102. The molecule has 0 fully saturated rings. The fourth-order valence-electron chi connectivity index (χ4n) is 3.49. The number of hydrogen-bond acceptors (Lipinski definition) is 6. The normalized spacial score (nSPS) is 10.3. The van der Waals surface area contributed by atoms with Crippen molar-refractivity contribution in [2.45, 2.75) is 19.8 Å². The lowest BCUT2D eigenvalue weighted by atomic mass is 10.0. The molecule has 0 aromatic heterocycles. The van der Waals surface area contributed by atoms with E-state index in [1.807, 2.05) is 19.1 Å². The van der Waals surface area contributed by atoms with Crippen LogP contribution in [0.25, 0.3) is 0 Å². The van der Waals surface area contributed by atoms with Crippen LogP contribution in [0.2, 0.25) is 0 Å². The smallest absolute Gasteiger partial charge is 0.255 e. The molecule has 35 heavy (non-hydrogen) atoms. The number of Topliss-reactive ketones (excluding diaryl/α,β-unsaturated/α-hetero) is 1. The van der Waals surface area contributed by atoms with Crippen molar-refractivity contribution in [3.05, 3.63) is 77.4 Å². The third kappa shape index (κ3) is 6.38. The number of benzene rings is 3. The molecule has 8 nitrogen and oxygen atoms in total. The summed E-state index contributed by atoms with van der Waals surface area (Å²) in [5.41, 5.74) is 2.60. The molecule has 0 saturated heterocycles. The van der Waals surface area contributed by atoms with E-state index in [9.17, 15) is 14.4 Å². The van der Waals surface area contributed by atoms with Crippen LogP contribution in [0.1, 0.15) is 39.1 Å². The molecule has 0 aliphatic heterocycles. The van der Waals surface area contributed by atoms with Gasteiger partial charge in [-0.05, 0) is 31.2 Å². The third-order valence-corrected chi connectivity index (χ3v) is 5.31. The van der Waals surface area contributed by atoms with Crippen LogP contribution in [0, 0.1) is 6.92 Å². The second-order valence-corrected chi connectivity index (χ2v) is 7.75. The topological polar surface area (TPSA) is 103 Å². The number of rotatable bonds is 10. The summed E-state index contributed by atoms with van der Waals surface area (Å²) in [7, 11) is 4.41. The first kappa shape index (κ1) is 25.3. The van der Waals surface area contributed by atoms with Crippen molar-refractivity contribution in [3.8, 4) is 17.2 Å². The molecule has 0 bridgehead atoms. The van der Waals surface area contributed by atoms with Crippen molar-refractivity contribution < 1.29 is 28.6 Å². The van der Waals surface area contributed by atoms with Gasteiger partial charge in [-0.1, -0.05) is 29.8 Å². The molecule has 3 rings (SSSR count). The second-order valence-electron chi connectivity index (χ2n) is 7.75. The van der Waals surface area contributed by atoms with E-state index in [1.54, 1.807) is 48.5 Å². The number of aryl methyl sites for hydroxylation is 1. The molecule has 0 atom stereocenters. The summed E-state index contributed by atoms with van der Waals surface area (Å²) < 4.78 is 16.1. The van der Waals surface area contributed by atoms with Crippen molar-refractivity contribution in [1.29, 1.82) is 0 Å². The Morgan fingerprint density at radius 3 is 1.91 bits per heavy atom. The molecule has 0 saturated carbocycles. The molecule has 2 N–H and O–H groups in total. The van der Waals surface area contributed by atoms with Gasteiger partial charge in [0, 0.05) is 30.5 Å². The van der Waals surface area contributed by atoms with E-state index in [2.05, 4.69) is 10.6 Å². The molecule has 0 heterocycles. The predicted octanol–water partition coefficient (Wildman–Crippen LogP) is 4.87. The Hall–Kier alpha value is -4.33. The molecule has 182 valence electrons. The lowest BCUT2D eigenvalue weighted by molar-refractivity contribution is -0.116. The van der Waals surface area contributed by atoms with Crippen molar-refractivity contribution in [1.82, 2.24) is 0 Å². The summed E-state index contributed by atoms with van der Waals surface area (Å²) >= 11 is 0. The Morgan fingerprint density at radius 1 is 0.714 bits per heavy atom. The van der Waals surface area contributed by atoms with Gasteiger partial charge in [0.05, 0.1) is 38.3 Å². The average Bonchev–Trinajstić information content (AvgIpc) is 2.88. The maximum Gasteiger partial charge on any atom is 0.255 e. The Bertz CT molecular complexity index is 1220. The first-order chi connectivity index (χ1) is 16.9. The third-order valence-electron chi connectivity index (χ3n) is 5.31. The van der Waals surface area contributed by atoms with Crippen LogP contribution in [0.5, 0.6) is 17.2 Å². The molecule has 2 amide bonds. The van der Waals surface area contributed by atoms with E-state index in [4.69, 9.17) is 14.2 Å². The van der Waals surface area contributed by atoms with Crippen LogP contribution in [-0.4, -0.2) is 38.9 Å². The standard InChI is InChI=1S/C27H28N2O6/c1-17-10-12-23(33-2)19(14-17)22(30)11-13-26(31)28-20-15-25(35-4)21(16-24(20)34-3)29-27(32)18-8-6-5-7-9-18/h5-10,12,14-16H,11,13H2,1-4H3,(H,28,31)(H,29,32). The van der Waals surface area contributed by atoms with Crippen LogP contribution in [0.3, 0.4) is 0 Å². The Kier molecular flexibility index (Phi) is 8.45. The number of hydrogen-bond donors (Lipinski definition) is 2. The van der Waals surface area contributed by atoms with E-state index in [0.29, 0.717) is 39.8 Å². The van der Waals surface area contributed by atoms with Crippen LogP contribution in [-0.2, 0) is 4.79 Å². The van der Waals surface area contributed by atoms with Crippen molar-refractivity contribution >= 4 is 29.0 Å². The number of ketones is 1. The first-order valence-electron chi connectivity index (χ1n) is 11.0. The summed E-state index contributed by atoms with van der Waals surface area (Å²) in [6.45, 7) is 1.88. The molecule has 8 heteroatoms. The number of nitrogens with one attached hydrogen (secondary N) is 2. The summed E-state index contributed by atoms with van der Waals surface area (Å²) in [5, 5.41) is 5.55. The summed E-state index contributed by atoms with van der Waals surface area (Å²) in [5.74, 6) is 0.268. The quantitative estimate of drug-likeness (QED) is 0.405. The maximum atomic E-state index is 12.7. The SMILES string of the molecule is COc1cc(NC(=O)c2ccccc2)c(OC)cc1NC(=O)CCC(=O)c1cc(C)ccc1OC. The average molecular weight is 477 g/mol. The summed E-state index contributed by atoms with van der Waals surface area (Å²) in [4.78, 5) is 37.9. The highest BCUT2D eigenvalue weighted by molar-refractivity contribution is 6.06. The molecule has 3 aromatic rings. The fourth-order valence-corrected chi connectivity index (χ4v) is 3.49. The van der Waals surface area contributed by atoms with Gasteiger partial charge in [0.25, 0.3) is 5.91 Å². The minimum atomic E-state index is -0.369. The number of anilines is 2. The minimum Gasteiger partial charge on any atom is -0.496 e. The molecule has 0 spiro atoms. The lowest BCUT2D eigenvalue weighted by Gasteiger charge is -2.16. The molecule has 0 aliphatic carbocycles. The number of ether oxygens (including phenoxy) is 3. The zero-order valence-electron chi connectivity index (χ0n) is 20.1. The van der Waals surface area contributed by atoms with Gasteiger partial charge < -0.3 is 24.8 Å². The van der Waals surface area contributed by atoms with E-state index >= 15 is 0 Å². The fraction of sp³-hybridized carbons (Fsp3) is 0.222. The van der Waals surface area contributed by atoms with Gasteiger partial charge >= 0.3 is 0 Å². The summed E-state index contributed by atoms with van der Waals surface area (Å²) in [6.07, 6.45) is -0.0236. The van der Waals surface area contributed by atoms with E-state index in [1.165, 1.54) is 21.3 Å². The first-order valence-corrected chi connectivity index (χ1v) is 11.0. The van der Waals surface area contributed by atoms with Gasteiger partial charge in [-0.25, -0.2) is 0 Å². The summed E-state index contributed by atoms with van der Waals surface area (Å²) in [6, 6.07) is 17.2. The zero-order valence-corrected chi connectivity index (χ0v) is 20.1. The molecule has 0 unspecified atom stereocenters. The monoisotopic (exact) mass is 476 g/mol. The van der Waals surface area contributed by atoms with Gasteiger partial charge in [0.1, 0.15) is 17.2 Å². The lowest BCUT2D eigenvalue weighted by Crippen LogP contribution is -2.16. The highest BCUT2D eigenvalue weighted by Crippen LogP contribution is 2.37. The number of amides is 2. The van der Waals surface area contributed by atoms with Gasteiger partial charge in [-0.15, -0.1) is 0 Å². The zero-order chi connectivity index (χ0) is 25.4. The van der Waals surface area contributed by atoms with Crippen molar-refractivity contribution in [3.63, 3.8) is 0 Å². The van der Waals surface area contributed by atoms with Crippen LogP contribution < -0.4 is 24.8 Å². The number of carbonyl (C=O) groups is 3. The van der Waals surface area contributed by atoms with Crippen molar-refractivity contribution in [2.75, 3.05) is 32.0 Å². The van der Waals surface area contributed by atoms with E-state index < -0.39 is 0 Å². The molecular weight excluding hydrogens is 448 g/mol. The maximum absolute atomic E-state index is 12.7. The van der Waals surface area contributed by atoms with Gasteiger partial charge in [0.15, 0.2) is 5.78 Å². The van der Waals surface area contributed by atoms with Crippen LogP contribution in [0.4, 0.5) is 11.4 Å². The van der Waals surface area contributed by atoms with Crippen LogP contribution in [0.15, 0.2) is 60.7 Å².